The van der Waals surface area contributed by atoms with Gasteiger partial charge in [-0.1, -0.05) is 35.9 Å². The molecule has 0 saturated heterocycles. The lowest BCUT2D eigenvalue weighted by atomic mass is 9.79. The molecule has 0 fully saturated rings. The SMILES string of the molecule is Cc1ccc([C@@]2(C(F)(F)F)NC(=O)N3C=CC=CC3=C2C#N)cc1. The smallest absolute Gasteiger partial charge is 0.315 e. The first-order chi connectivity index (χ1) is 11.3. The molecule has 3 rings (SSSR count). The molecule has 2 amide bonds. The third-order valence-corrected chi connectivity index (χ3v) is 4.03. The van der Waals surface area contributed by atoms with Crippen molar-refractivity contribution in [1.82, 2.24) is 10.2 Å². The summed E-state index contributed by atoms with van der Waals surface area (Å²) in [5.74, 6) is 0. The second kappa shape index (κ2) is 5.27. The van der Waals surface area contributed by atoms with Gasteiger partial charge in [0, 0.05) is 6.20 Å². The van der Waals surface area contributed by atoms with Crippen LogP contribution >= 0.6 is 0 Å². The van der Waals surface area contributed by atoms with E-state index in [1.807, 2.05) is 5.32 Å². The molecule has 1 aromatic carbocycles. The Morgan fingerprint density at radius 2 is 1.88 bits per heavy atom. The highest BCUT2D eigenvalue weighted by molar-refractivity contribution is 5.84. The van der Waals surface area contributed by atoms with E-state index in [1.165, 1.54) is 48.7 Å². The van der Waals surface area contributed by atoms with Crippen LogP contribution in [0, 0.1) is 18.3 Å². The maximum atomic E-state index is 14.1. The Bertz CT molecular complexity index is 828. The van der Waals surface area contributed by atoms with Crippen LogP contribution in [0.3, 0.4) is 0 Å². The molecule has 7 heteroatoms. The summed E-state index contributed by atoms with van der Waals surface area (Å²) in [5, 5.41) is 11.5. The van der Waals surface area contributed by atoms with Gasteiger partial charge in [0.2, 0.25) is 5.54 Å². The van der Waals surface area contributed by atoms with Crippen molar-refractivity contribution < 1.29 is 18.0 Å². The molecule has 1 atom stereocenters. The molecular weight excluding hydrogens is 319 g/mol. The summed E-state index contributed by atoms with van der Waals surface area (Å²) >= 11 is 0. The van der Waals surface area contributed by atoms with Gasteiger partial charge in [-0.05, 0) is 24.6 Å². The van der Waals surface area contributed by atoms with Gasteiger partial charge in [-0.25, -0.2) is 4.79 Å². The predicted molar refractivity (Wildman–Crippen MR) is 80.2 cm³/mol. The number of allylic oxidation sites excluding steroid dienone is 3. The molecule has 0 bridgehead atoms. The minimum atomic E-state index is -4.89. The number of nitrogens with zero attached hydrogens (tertiary/aromatic N) is 2. The van der Waals surface area contributed by atoms with E-state index in [-0.39, 0.29) is 11.3 Å². The van der Waals surface area contributed by atoms with E-state index < -0.39 is 23.3 Å². The molecule has 0 aliphatic carbocycles. The van der Waals surface area contributed by atoms with Gasteiger partial charge >= 0.3 is 12.2 Å². The average molecular weight is 331 g/mol. The van der Waals surface area contributed by atoms with Gasteiger partial charge in [0.25, 0.3) is 0 Å². The monoisotopic (exact) mass is 331 g/mol. The third kappa shape index (κ3) is 2.11. The summed E-state index contributed by atoms with van der Waals surface area (Å²) in [6.45, 7) is 1.74. The molecule has 1 N–H and O–H groups in total. The summed E-state index contributed by atoms with van der Waals surface area (Å²) in [7, 11) is 0. The van der Waals surface area contributed by atoms with Crippen LogP contribution in [0.25, 0.3) is 0 Å². The number of nitrogens with one attached hydrogen (secondary N) is 1. The highest BCUT2D eigenvalue weighted by Gasteiger charge is 2.63. The highest BCUT2D eigenvalue weighted by Crippen LogP contribution is 2.48. The number of halogens is 3. The minimum Gasteiger partial charge on any atom is -0.315 e. The Morgan fingerprint density at radius 3 is 2.46 bits per heavy atom. The predicted octanol–water partition coefficient (Wildman–Crippen LogP) is 3.64. The molecule has 122 valence electrons. The maximum Gasteiger partial charge on any atom is 0.420 e. The van der Waals surface area contributed by atoms with Gasteiger partial charge in [-0.3, -0.25) is 4.90 Å². The normalized spacial score (nSPS) is 23.0. The van der Waals surface area contributed by atoms with Crippen molar-refractivity contribution in [2.75, 3.05) is 0 Å². The van der Waals surface area contributed by atoms with Crippen molar-refractivity contribution in [3.05, 3.63) is 71.1 Å². The molecule has 4 nitrogen and oxygen atoms in total. The molecule has 2 aliphatic heterocycles. The number of carbonyl (C=O) groups excluding carboxylic acids is 1. The quantitative estimate of drug-likeness (QED) is 0.854. The van der Waals surface area contributed by atoms with Crippen LogP contribution in [-0.2, 0) is 5.54 Å². The zero-order valence-electron chi connectivity index (χ0n) is 12.6. The van der Waals surface area contributed by atoms with Crippen molar-refractivity contribution in [2.24, 2.45) is 0 Å². The zero-order valence-corrected chi connectivity index (χ0v) is 12.6. The molecule has 2 aliphatic rings. The number of urea groups is 1. The second-order valence-electron chi connectivity index (χ2n) is 5.49. The van der Waals surface area contributed by atoms with Gasteiger partial charge in [0.15, 0.2) is 0 Å². The van der Waals surface area contributed by atoms with E-state index in [9.17, 15) is 23.2 Å². The van der Waals surface area contributed by atoms with Gasteiger partial charge in [-0.15, -0.1) is 0 Å². The lowest BCUT2D eigenvalue weighted by molar-refractivity contribution is -0.186. The van der Waals surface area contributed by atoms with E-state index in [4.69, 9.17) is 0 Å². The number of amides is 2. The molecule has 0 aromatic heterocycles. The highest BCUT2D eigenvalue weighted by atomic mass is 19.4. The number of fused-ring (bicyclic) bond motifs is 1. The number of aryl methyl sites for hydroxylation is 1. The van der Waals surface area contributed by atoms with Crippen molar-refractivity contribution >= 4 is 6.03 Å². The number of alkyl halides is 3. The van der Waals surface area contributed by atoms with Crippen LogP contribution in [0.5, 0.6) is 0 Å². The van der Waals surface area contributed by atoms with Crippen LogP contribution in [0.1, 0.15) is 11.1 Å². The molecule has 2 heterocycles. The van der Waals surface area contributed by atoms with Crippen LogP contribution in [-0.4, -0.2) is 17.1 Å². The number of rotatable bonds is 1. The minimum absolute atomic E-state index is 0.0818. The molecule has 0 saturated carbocycles. The summed E-state index contributed by atoms with van der Waals surface area (Å²) in [6, 6.07) is 6.29. The van der Waals surface area contributed by atoms with E-state index in [0.29, 0.717) is 0 Å². The fourth-order valence-corrected chi connectivity index (χ4v) is 2.84. The number of hydrogen-bond donors (Lipinski definition) is 1. The first-order valence-corrected chi connectivity index (χ1v) is 7.06. The molecule has 0 unspecified atom stereocenters. The molecular formula is C17H12F3N3O. The number of benzene rings is 1. The summed E-state index contributed by atoms with van der Waals surface area (Å²) in [6.07, 6.45) is 0.739. The van der Waals surface area contributed by atoms with Gasteiger partial charge in [0.1, 0.15) is 6.07 Å². The fourth-order valence-electron chi connectivity index (χ4n) is 2.84. The van der Waals surface area contributed by atoms with Crippen molar-refractivity contribution in [3.8, 4) is 6.07 Å². The second-order valence-corrected chi connectivity index (χ2v) is 5.49. The first-order valence-electron chi connectivity index (χ1n) is 7.06. The third-order valence-electron chi connectivity index (χ3n) is 4.03. The number of nitriles is 1. The van der Waals surface area contributed by atoms with Gasteiger partial charge < -0.3 is 5.32 Å². The van der Waals surface area contributed by atoms with Gasteiger partial charge in [0.05, 0.1) is 11.3 Å². The maximum absolute atomic E-state index is 14.1. The Kier molecular flexibility index (Phi) is 3.48. The summed E-state index contributed by atoms with van der Waals surface area (Å²) < 4.78 is 42.3. The lowest BCUT2D eigenvalue weighted by Crippen LogP contribution is -2.62. The van der Waals surface area contributed by atoms with E-state index in [1.54, 1.807) is 13.0 Å². The van der Waals surface area contributed by atoms with Gasteiger partial charge in [-0.2, -0.15) is 18.4 Å². The Hall–Kier alpha value is -3.01. The van der Waals surface area contributed by atoms with Crippen molar-refractivity contribution in [2.45, 2.75) is 18.6 Å². The van der Waals surface area contributed by atoms with E-state index >= 15 is 0 Å². The summed E-state index contributed by atoms with van der Waals surface area (Å²) in [4.78, 5) is 13.3. The Morgan fingerprint density at radius 1 is 1.21 bits per heavy atom. The molecule has 24 heavy (non-hydrogen) atoms. The van der Waals surface area contributed by atoms with Crippen LogP contribution in [0.2, 0.25) is 0 Å². The van der Waals surface area contributed by atoms with Crippen molar-refractivity contribution in [1.29, 1.82) is 5.26 Å². The Labute approximate surface area is 136 Å². The number of carbonyl (C=O) groups is 1. The molecule has 0 spiro atoms. The van der Waals surface area contributed by atoms with Crippen LogP contribution < -0.4 is 5.32 Å². The largest absolute Gasteiger partial charge is 0.420 e. The lowest BCUT2D eigenvalue weighted by Gasteiger charge is -2.43. The van der Waals surface area contributed by atoms with E-state index in [2.05, 4.69) is 0 Å². The molecule has 0 radical (unpaired) electrons. The van der Waals surface area contributed by atoms with Crippen LogP contribution in [0.15, 0.2) is 60.0 Å². The van der Waals surface area contributed by atoms with Crippen molar-refractivity contribution in [3.63, 3.8) is 0 Å². The van der Waals surface area contributed by atoms with Crippen LogP contribution in [0.4, 0.5) is 18.0 Å². The van der Waals surface area contributed by atoms with E-state index in [0.717, 1.165) is 10.5 Å². The zero-order chi connectivity index (χ0) is 17.5. The summed E-state index contributed by atoms with van der Waals surface area (Å²) in [5.41, 5.74) is -2.97. The topological polar surface area (TPSA) is 56.1 Å². The first kappa shape index (κ1) is 15.9. The fraction of sp³-hybridized carbons (Fsp3) is 0.176. The average Bonchev–Trinajstić information content (AvgIpc) is 2.54. The molecule has 1 aromatic rings. The number of hydrogen-bond acceptors (Lipinski definition) is 2. The standard InChI is InChI=1S/C17H12F3N3O/c1-11-5-7-12(8-6-11)16(17(18,19)20)13(10-21)14-4-2-3-9-23(14)15(24)22-16/h2-9H,1H3,(H,22,24)/t16-/m1/s1. The Balaban J connectivity index is 2.35.